The molecule has 1 amide bonds. The Labute approximate surface area is 333 Å². The molecule has 0 aliphatic carbocycles. The average Bonchev–Trinajstić information content (AvgIpc) is 3.53. The number of esters is 1. The lowest BCUT2D eigenvalue weighted by Gasteiger charge is -2.38. The SMILES string of the molecule is CC(C)(C)[Si](Cl)(c1ccccc1)c1ccccc1.COC(=O)c1sc(C(O[SiH](c2ccccc2)c2ccccc2)C(C)(C)C)cc1NC(=O)OC(C)(C)C. The highest BCUT2D eigenvalue weighted by molar-refractivity contribution is 7.35. The third-order valence-corrected chi connectivity index (χ3v) is 19.7. The molecule has 6 nitrogen and oxygen atoms in total. The summed E-state index contributed by atoms with van der Waals surface area (Å²) in [5, 5.41) is 7.69. The van der Waals surface area contributed by atoms with Crippen molar-refractivity contribution in [1.29, 1.82) is 0 Å². The van der Waals surface area contributed by atoms with Gasteiger partial charge in [-0.05, 0) is 58.0 Å². The first-order valence-electron chi connectivity index (χ1n) is 18.1. The van der Waals surface area contributed by atoms with Crippen LogP contribution in [0.1, 0.15) is 83.0 Å². The van der Waals surface area contributed by atoms with Gasteiger partial charge >= 0.3 is 12.1 Å². The van der Waals surface area contributed by atoms with Gasteiger partial charge in [0.25, 0.3) is 0 Å². The van der Waals surface area contributed by atoms with Gasteiger partial charge in [-0.25, -0.2) is 9.59 Å². The van der Waals surface area contributed by atoms with E-state index in [0.717, 1.165) is 15.3 Å². The molecule has 1 unspecified atom stereocenters. The van der Waals surface area contributed by atoms with E-state index >= 15 is 0 Å². The molecule has 1 aromatic heterocycles. The summed E-state index contributed by atoms with van der Waals surface area (Å²) in [7, 11) is -3.00. The number of thiophene rings is 1. The predicted molar refractivity (Wildman–Crippen MR) is 232 cm³/mol. The Hall–Kier alpha value is -4.00. The molecule has 10 heteroatoms. The van der Waals surface area contributed by atoms with Crippen LogP contribution < -0.4 is 26.1 Å². The van der Waals surface area contributed by atoms with Crippen molar-refractivity contribution in [2.75, 3.05) is 12.4 Å². The van der Waals surface area contributed by atoms with Gasteiger partial charge in [0.2, 0.25) is 16.4 Å². The summed E-state index contributed by atoms with van der Waals surface area (Å²) in [6, 6.07) is 43.4. The van der Waals surface area contributed by atoms with Crippen LogP contribution in [0.4, 0.5) is 10.5 Å². The zero-order valence-corrected chi connectivity index (χ0v) is 36.8. The fraction of sp³-hybridized carbons (Fsp3) is 0.318. The number of methoxy groups -OCH3 is 1. The van der Waals surface area contributed by atoms with Crippen LogP contribution >= 0.6 is 22.4 Å². The van der Waals surface area contributed by atoms with E-state index in [1.54, 1.807) is 26.8 Å². The highest BCUT2D eigenvalue weighted by Gasteiger charge is 2.46. The van der Waals surface area contributed by atoms with Crippen molar-refractivity contribution in [3.63, 3.8) is 0 Å². The first-order valence-corrected chi connectivity index (χ1v) is 23.6. The monoisotopic (exact) mass is 799 g/mol. The van der Waals surface area contributed by atoms with Gasteiger partial charge in [-0.2, -0.15) is 11.1 Å². The topological polar surface area (TPSA) is 73.9 Å². The van der Waals surface area contributed by atoms with Crippen LogP contribution in [0.5, 0.6) is 0 Å². The summed E-state index contributed by atoms with van der Waals surface area (Å²) >= 11 is 8.48. The second kappa shape index (κ2) is 18.1. The van der Waals surface area contributed by atoms with Crippen LogP contribution in [-0.2, 0) is 13.9 Å². The Morgan fingerprint density at radius 3 is 1.50 bits per heavy atom. The fourth-order valence-electron chi connectivity index (χ4n) is 6.10. The summed E-state index contributed by atoms with van der Waals surface area (Å²) in [4.78, 5) is 26.3. The summed E-state index contributed by atoms with van der Waals surface area (Å²) in [6.45, 7) is 18.4. The molecule has 286 valence electrons. The van der Waals surface area contributed by atoms with Crippen molar-refractivity contribution >= 4 is 77.3 Å². The van der Waals surface area contributed by atoms with E-state index in [-0.39, 0.29) is 16.6 Å². The van der Waals surface area contributed by atoms with Crippen LogP contribution in [0.15, 0.2) is 127 Å². The molecule has 0 fully saturated rings. The standard InChI is InChI=1S/C28H35NO5SSi.C16H19ClSi/c1-27(2,3)24(34-36(19-14-10-8-11-15-19)20-16-12-9-13-17-20)22-18-21(23(35-22)25(30)32-7)29-26(31)33-28(4,5)6;1-16(2,3)18(17,14-10-6-4-7-11-14)15-12-8-5-9-13-15/h8-18,24,36H,1-7H3,(H,29,31);4-13H,1-3H3. The maximum Gasteiger partial charge on any atom is 0.412 e. The van der Waals surface area contributed by atoms with E-state index < -0.39 is 34.1 Å². The molecule has 0 aliphatic heterocycles. The average molecular weight is 801 g/mol. The molecule has 0 aliphatic rings. The highest BCUT2D eigenvalue weighted by atomic mass is 35.6. The quantitative estimate of drug-likeness (QED) is 0.0915. The third-order valence-electron chi connectivity index (χ3n) is 8.66. The summed E-state index contributed by atoms with van der Waals surface area (Å²) in [6.07, 6.45) is -0.969. The lowest BCUT2D eigenvalue weighted by molar-refractivity contribution is 0.0607. The van der Waals surface area contributed by atoms with Crippen molar-refractivity contribution in [3.05, 3.63) is 137 Å². The molecule has 1 heterocycles. The van der Waals surface area contributed by atoms with Gasteiger partial charge < -0.3 is 13.9 Å². The number of hydrogen-bond acceptors (Lipinski definition) is 6. The molecule has 0 saturated heterocycles. The molecular weight excluding hydrogens is 746 g/mol. The van der Waals surface area contributed by atoms with E-state index in [2.05, 4.69) is 120 Å². The summed E-state index contributed by atoms with van der Waals surface area (Å²) in [5.74, 6) is -0.523. The van der Waals surface area contributed by atoms with Gasteiger partial charge in [0.1, 0.15) is 10.5 Å². The number of benzene rings is 4. The minimum absolute atomic E-state index is 0.0667. The van der Waals surface area contributed by atoms with E-state index in [9.17, 15) is 9.59 Å². The van der Waals surface area contributed by atoms with E-state index in [4.69, 9.17) is 25.0 Å². The van der Waals surface area contributed by atoms with Crippen LogP contribution in [-0.4, -0.2) is 41.2 Å². The van der Waals surface area contributed by atoms with Crippen LogP contribution in [0.2, 0.25) is 5.04 Å². The molecule has 1 atom stereocenters. The highest BCUT2D eigenvalue weighted by Crippen LogP contribution is 2.43. The molecule has 54 heavy (non-hydrogen) atoms. The van der Waals surface area contributed by atoms with Crippen LogP contribution in [0, 0.1) is 5.41 Å². The fourth-order valence-corrected chi connectivity index (χ4v) is 14.3. The largest absolute Gasteiger partial charge is 0.465 e. The van der Waals surface area contributed by atoms with E-state index in [1.165, 1.54) is 28.8 Å². The zero-order valence-electron chi connectivity index (χ0n) is 33.1. The Kier molecular flexibility index (Phi) is 14.3. The number of ether oxygens (including phenoxy) is 2. The number of halogens is 1. The van der Waals surface area contributed by atoms with Crippen molar-refractivity contribution in [2.45, 2.75) is 79.1 Å². The lowest BCUT2D eigenvalue weighted by Crippen LogP contribution is -2.59. The Morgan fingerprint density at radius 2 is 1.13 bits per heavy atom. The minimum Gasteiger partial charge on any atom is -0.465 e. The number of hydrogen-bond donors (Lipinski definition) is 1. The molecule has 5 aromatic rings. The molecule has 0 bridgehead atoms. The molecular formula is C44H54ClNO5SSi2. The van der Waals surface area contributed by atoms with E-state index in [0.29, 0.717) is 10.6 Å². The smallest absolute Gasteiger partial charge is 0.412 e. The van der Waals surface area contributed by atoms with Crippen molar-refractivity contribution < 1.29 is 23.5 Å². The van der Waals surface area contributed by atoms with E-state index in [1.807, 2.05) is 48.5 Å². The number of anilines is 1. The van der Waals surface area contributed by atoms with Gasteiger partial charge in [0.15, 0.2) is 0 Å². The number of carbonyl (C=O) groups is 2. The van der Waals surface area contributed by atoms with Gasteiger partial charge in [0, 0.05) is 4.88 Å². The second-order valence-electron chi connectivity index (χ2n) is 16.2. The van der Waals surface area contributed by atoms with Gasteiger partial charge in [0.05, 0.1) is 18.9 Å². The maximum atomic E-state index is 12.6. The van der Waals surface area contributed by atoms with Crippen molar-refractivity contribution in [1.82, 2.24) is 0 Å². The molecule has 5 rings (SSSR count). The first-order chi connectivity index (χ1) is 25.3. The second-order valence-corrected chi connectivity index (χ2v) is 25.4. The number of rotatable bonds is 9. The van der Waals surface area contributed by atoms with Crippen molar-refractivity contribution in [3.8, 4) is 0 Å². The first kappa shape index (κ1) is 42.7. The zero-order chi connectivity index (χ0) is 39.7. The summed E-state index contributed by atoms with van der Waals surface area (Å²) < 4.78 is 17.4. The Morgan fingerprint density at radius 1 is 0.704 bits per heavy atom. The maximum absolute atomic E-state index is 12.6. The van der Waals surface area contributed by atoms with Gasteiger partial charge in [-0.3, -0.25) is 5.32 Å². The van der Waals surface area contributed by atoms with Gasteiger partial charge in [-0.15, -0.1) is 11.3 Å². The molecule has 4 aromatic carbocycles. The molecule has 1 N–H and O–H groups in total. The number of carbonyl (C=O) groups excluding carboxylic acids is 2. The number of nitrogens with one attached hydrogen (secondary N) is 1. The predicted octanol–water partition coefficient (Wildman–Crippen LogP) is 9.31. The normalized spacial score (nSPS) is 12.7. The van der Waals surface area contributed by atoms with Crippen molar-refractivity contribution in [2.24, 2.45) is 5.41 Å². The molecule has 0 saturated carbocycles. The Bertz CT molecular complexity index is 1860. The molecule has 0 radical (unpaired) electrons. The number of amides is 1. The van der Waals surface area contributed by atoms with Crippen LogP contribution in [0.25, 0.3) is 0 Å². The Balaban J connectivity index is 0.000000301. The van der Waals surface area contributed by atoms with Crippen LogP contribution in [0.3, 0.4) is 0 Å². The van der Waals surface area contributed by atoms with Gasteiger partial charge in [-0.1, -0.05) is 163 Å². The minimum atomic E-state index is -2.23. The lowest BCUT2D eigenvalue weighted by atomic mass is 9.88. The molecule has 0 spiro atoms. The summed E-state index contributed by atoms with van der Waals surface area (Å²) in [5.41, 5.74) is -0.613. The third kappa shape index (κ3) is 11.0.